The first kappa shape index (κ1) is 19.3. The van der Waals surface area contributed by atoms with Crippen molar-refractivity contribution in [1.29, 1.82) is 0 Å². The Morgan fingerprint density at radius 3 is 2.24 bits per heavy atom. The second kappa shape index (κ2) is 7.91. The van der Waals surface area contributed by atoms with E-state index in [1.807, 2.05) is 6.08 Å². The van der Waals surface area contributed by atoms with Crippen molar-refractivity contribution in [3.05, 3.63) is 66.7 Å². The summed E-state index contributed by atoms with van der Waals surface area (Å²) in [5, 5.41) is 0. The lowest BCUT2D eigenvalue weighted by molar-refractivity contribution is -0.0162. The maximum absolute atomic E-state index is 6.36. The van der Waals surface area contributed by atoms with Gasteiger partial charge in [0.15, 0.2) is 0 Å². The second-order valence-electron chi connectivity index (χ2n) is 7.96. The molecule has 2 aromatic rings. The van der Waals surface area contributed by atoms with Gasteiger partial charge >= 0.3 is 0 Å². The first-order chi connectivity index (χ1) is 11.8. The molecule has 0 atom stereocenters. The van der Waals surface area contributed by atoms with Crippen molar-refractivity contribution in [1.82, 2.24) is 0 Å². The smallest absolute Gasteiger partial charge is 0.120 e. The summed E-state index contributed by atoms with van der Waals surface area (Å²) in [5.74, 6) is 0.931. The number of hydrogen-bond donors (Lipinski definition) is 0. The van der Waals surface area contributed by atoms with Gasteiger partial charge in [0.25, 0.3) is 0 Å². The van der Waals surface area contributed by atoms with Crippen molar-refractivity contribution in [2.75, 3.05) is 0 Å². The molecule has 0 saturated heterocycles. The number of benzene rings is 2. The molecular formula is C24H32O. The Hall–Kier alpha value is -2.02. The van der Waals surface area contributed by atoms with E-state index in [2.05, 4.69) is 89.7 Å². The Balaban J connectivity index is 2.17. The predicted octanol–water partition coefficient (Wildman–Crippen LogP) is 7.07. The van der Waals surface area contributed by atoms with Gasteiger partial charge in [-0.05, 0) is 55.5 Å². The summed E-state index contributed by atoms with van der Waals surface area (Å²) in [6.07, 6.45) is 5.15. The minimum Gasteiger partial charge on any atom is -0.487 e. The normalized spacial score (nSPS) is 12.0. The minimum absolute atomic E-state index is 0.124. The third kappa shape index (κ3) is 4.75. The molecule has 2 rings (SSSR count). The molecule has 0 heterocycles. The van der Waals surface area contributed by atoms with Crippen molar-refractivity contribution >= 4 is 0 Å². The molecule has 1 heteroatoms. The maximum atomic E-state index is 6.36. The van der Waals surface area contributed by atoms with Crippen molar-refractivity contribution in [3.8, 4) is 16.9 Å². The van der Waals surface area contributed by atoms with Gasteiger partial charge in [-0.3, -0.25) is 0 Å². The fourth-order valence-electron chi connectivity index (χ4n) is 3.12. The first-order valence-corrected chi connectivity index (χ1v) is 9.28. The van der Waals surface area contributed by atoms with Crippen molar-refractivity contribution in [2.45, 2.75) is 59.5 Å². The van der Waals surface area contributed by atoms with Gasteiger partial charge < -0.3 is 4.74 Å². The molecule has 0 amide bonds. The number of rotatable bonds is 8. The number of ether oxygens (including phenoxy) is 1. The monoisotopic (exact) mass is 336 g/mol. The van der Waals surface area contributed by atoms with Crippen LogP contribution in [-0.2, 0) is 6.42 Å². The molecule has 0 aliphatic heterocycles. The molecule has 0 unspecified atom stereocenters. The zero-order valence-corrected chi connectivity index (χ0v) is 16.4. The van der Waals surface area contributed by atoms with Gasteiger partial charge in [0.05, 0.1) is 0 Å². The summed E-state index contributed by atoms with van der Waals surface area (Å²) < 4.78 is 6.36. The van der Waals surface area contributed by atoms with Crippen LogP contribution in [0.5, 0.6) is 5.75 Å². The highest BCUT2D eigenvalue weighted by molar-refractivity contribution is 5.65. The number of allylic oxidation sites excluding steroid dienone is 1. The predicted molar refractivity (Wildman–Crippen MR) is 109 cm³/mol. The van der Waals surface area contributed by atoms with E-state index in [0.717, 1.165) is 18.6 Å². The average Bonchev–Trinajstić information content (AvgIpc) is 2.55. The van der Waals surface area contributed by atoms with Crippen LogP contribution in [0.2, 0.25) is 0 Å². The largest absolute Gasteiger partial charge is 0.487 e. The van der Waals surface area contributed by atoms with Gasteiger partial charge in [-0.1, -0.05) is 69.7 Å². The van der Waals surface area contributed by atoms with Gasteiger partial charge in [0.2, 0.25) is 0 Å². The van der Waals surface area contributed by atoms with E-state index in [9.17, 15) is 0 Å². The molecule has 0 fully saturated rings. The van der Waals surface area contributed by atoms with Crippen LogP contribution in [0, 0.1) is 5.41 Å². The highest BCUT2D eigenvalue weighted by Crippen LogP contribution is 2.39. The summed E-state index contributed by atoms with van der Waals surface area (Å²) in [6.45, 7) is 15.0. The SMILES string of the molecule is C=CCc1cccc(-c2ccc(OC(C)(C)C(C)(C)CCC)cc2)c1. The minimum atomic E-state index is -0.214. The summed E-state index contributed by atoms with van der Waals surface area (Å²) in [4.78, 5) is 0. The van der Waals surface area contributed by atoms with Crippen LogP contribution in [0.25, 0.3) is 11.1 Å². The van der Waals surface area contributed by atoms with Crippen molar-refractivity contribution in [3.63, 3.8) is 0 Å². The lowest BCUT2D eigenvalue weighted by Crippen LogP contribution is -2.44. The van der Waals surface area contributed by atoms with Crippen LogP contribution in [0.3, 0.4) is 0 Å². The Kier molecular flexibility index (Phi) is 6.11. The van der Waals surface area contributed by atoms with Gasteiger partial charge in [-0.2, -0.15) is 0 Å². The second-order valence-corrected chi connectivity index (χ2v) is 7.96. The molecule has 0 N–H and O–H groups in total. The van der Waals surface area contributed by atoms with Gasteiger partial charge in [0, 0.05) is 5.41 Å². The van der Waals surface area contributed by atoms with E-state index in [0.29, 0.717) is 0 Å². The highest BCUT2D eigenvalue weighted by Gasteiger charge is 2.38. The van der Waals surface area contributed by atoms with E-state index >= 15 is 0 Å². The summed E-state index contributed by atoms with van der Waals surface area (Å²) in [5.41, 5.74) is 3.64. The average molecular weight is 337 g/mol. The fourth-order valence-corrected chi connectivity index (χ4v) is 3.12. The van der Waals surface area contributed by atoms with E-state index < -0.39 is 0 Å². The van der Waals surface area contributed by atoms with Gasteiger partial charge in [-0.25, -0.2) is 0 Å². The van der Waals surface area contributed by atoms with Gasteiger partial charge in [0.1, 0.15) is 11.4 Å². The first-order valence-electron chi connectivity index (χ1n) is 9.28. The van der Waals surface area contributed by atoms with E-state index in [-0.39, 0.29) is 11.0 Å². The highest BCUT2D eigenvalue weighted by atomic mass is 16.5. The van der Waals surface area contributed by atoms with E-state index in [1.54, 1.807) is 0 Å². The molecule has 2 aromatic carbocycles. The molecule has 0 bridgehead atoms. The van der Waals surface area contributed by atoms with Crippen LogP contribution in [0.15, 0.2) is 61.2 Å². The standard InChI is InChI=1S/C24H32O/c1-7-10-19-11-9-12-21(18-19)20-13-15-22(16-14-20)25-24(5,6)23(3,4)17-8-2/h7,9,11-16,18H,1,8,10,17H2,2-6H3. The van der Waals surface area contributed by atoms with E-state index in [4.69, 9.17) is 4.74 Å². The molecule has 0 aliphatic carbocycles. The van der Waals surface area contributed by atoms with Crippen LogP contribution in [0.4, 0.5) is 0 Å². The molecule has 0 aliphatic rings. The molecule has 0 aromatic heterocycles. The topological polar surface area (TPSA) is 9.23 Å². The quantitative estimate of drug-likeness (QED) is 0.469. The summed E-state index contributed by atoms with van der Waals surface area (Å²) in [6, 6.07) is 17.1. The Bertz CT molecular complexity index is 692. The summed E-state index contributed by atoms with van der Waals surface area (Å²) in [7, 11) is 0. The molecular weight excluding hydrogens is 304 g/mol. The van der Waals surface area contributed by atoms with Crippen molar-refractivity contribution < 1.29 is 4.74 Å². The van der Waals surface area contributed by atoms with Crippen molar-refractivity contribution in [2.24, 2.45) is 5.41 Å². The molecule has 0 saturated carbocycles. The molecule has 0 spiro atoms. The van der Waals surface area contributed by atoms with E-state index in [1.165, 1.54) is 23.1 Å². The molecule has 134 valence electrons. The fraction of sp³-hybridized carbons (Fsp3) is 0.417. The molecule has 25 heavy (non-hydrogen) atoms. The Morgan fingerprint density at radius 2 is 1.64 bits per heavy atom. The lowest BCUT2D eigenvalue weighted by atomic mass is 9.74. The zero-order chi connectivity index (χ0) is 18.5. The van der Waals surface area contributed by atoms with Crippen LogP contribution in [-0.4, -0.2) is 5.60 Å². The zero-order valence-electron chi connectivity index (χ0n) is 16.4. The van der Waals surface area contributed by atoms with Crippen LogP contribution in [0.1, 0.15) is 53.0 Å². The maximum Gasteiger partial charge on any atom is 0.120 e. The lowest BCUT2D eigenvalue weighted by Gasteiger charge is -2.41. The Labute approximate surface area is 153 Å². The summed E-state index contributed by atoms with van der Waals surface area (Å²) >= 11 is 0. The van der Waals surface area contributed by atoms with Crippen LogP contribution >= 0.6 is 0 Å². The van der Waals surface area contributed by atoms with Gasteiger partial charge in [-0.15, -0.1) is 6.58 Å². The Morgan fingerprint density at radius 1 is 0.960 bits per heavy atom. The molecule has 1 nitrogen and oxygen atoms in total. The van der Waals surface area contributed by atoms with Crippen LogP contribution < -0.4 is 4.74 Å². The number of hydrogen-bond acceptors (Lipinski definition) is 1. The third-order valence-corrected chi connectivity index (χ3v) is 5.37. The molecule has 0 radical (unpaired) electrons. The third-order valence-electron chi connectivity index (χ3n) is 5.37.